The zero-order valence-electron chi connectivity index (χ0n) is 10.4. The van der Waals surface area contributed by atoms with Gasteiger partial charge in [-0.3, -0.25) is 4.90 Å². The maximum absolute atomic E-state index is 10.1. The van der Waals surface area contributed by atoms with Crippen LogP contribution in [0.5, 0.6) is 11.5 Å². The van der Waals surface area contributed by atoms with E-state index in [1.807, 2.05) is 12.1 Å². The number of piperazine rings is 1. The summed E-state index contributed by atoms with van der Waals surface area (Å²) in [5.74, 6) is 0.811. The summed E-state index contributed by atoms with van der Waals surface area (Å²) < 4.78 is 5.14. The van der Waals surface area contributed by atoms with Gasteiger partial charge in [-0.25, -0.2) is 0 Å². The van der Waals surface area contributed by atoms with E-state index in [-0.39, 0.29) is 11.8 Å². The van der Waals surface area contributed by atoms with Crippen molar-refractivity contribution in [1.82, 2.24) is 10.2 Å². The summed E-state index contributed by atoms with van der Waals surface area (Å²) in [6, 6.07) is 5.88. The molecular weight excluding hydrogens is 216 g/mol. The third kappa shape index (κ3) is 2.53. The van der Waals surface area contributed by atoms with E-state index in [1.54, 1.807) is 13.2 Å². The Labute approximate surface area is 102 Å². The van der Waals surface area contributed by atoms with Crippen LogP contribution in [-0.4, -0.2) is 43.3 Å². The first-order valence-corrected chi connectivity index (χ1v) is 6.04. The molecule has 4 heteroatoms. The number of nitrogens with zero attached hydrogens (tertiary/aromatic N) is 1. The van der Waals surface area contributed by atoms with Crippen molar-refractivity contribution in [2.75, 3.05) is 33.3 Å². The molecule has 0 saturated carbocycles. The van der Waals surface area contributed by atoms with Crippen LogP contribution in [0.3, 0.4) is 0 Å². The van der Waals surface area contributed by atoms with Crippen LogP contribution < -0.4 is 10.1 Å². The highest BCUT2D eigenvalue weighted by atomic mass is 16.5. The smallest absolute Gasteiger partial charge is 0.162 e. The Kier molecular flexibility index (Phi) is 3.86. The Balaban J connectivity index is 2.20. The molecule has 1 aliphatic rings. The van der Waals surface area contributed by atoms with Gasteiger partial charge in [-0.15, -0.1) is 0 Å². The van der Waals surface area contributed by atoms with Crippen LogP contribution in [0, 0.1) is 0 Å². The van der Waals surface area contributed by atoms with Crippen LogP contribution in [-0.2, 0) is 0 Å². The van der Waals surface area contributed by atoms with E-state index >= 15 is 0 Å². The molecule has 0 bridgehead atoms. The summed E-state index contributed by atoms with van der Waals surface area (Å²) in [5, 5.41) is 13.5. The monoisotopic (exact) mass is 236 g/mol. The Hall–Kier alpha value is -1.26. The second-order valence-electron chi connectivity index (χ2n) is 4.36. The first-order chi connectivity index (χ1) is 8.24. The predicted octanol–water partition coefficient (Wildman–Crippen LogP) is 1.37. The van der Waals surface area contributed by atoms with Gasteiger partial charge in [-0.1, -0.05) is 12.1 Å². The molecule has 17 heavy (non-hydrogen) atoms. The Morgan fingerprint density at radius 1 is 1.35 bits per heavy atom. The van der Waals surface area contributed by atoms with Gasteiger partial charge in [0.25, 0.3) is 0 Å². The fraction of sp³-hybridized carbons (Fsp3) is 0.538. The fourth-order valence-electron chi connectivity index (χ4n) is 2.31. The molecule has 1 aromatic rings. The van der Waals surface area contributed by atoms with Crippen molar-refractivity contribution in [2.45, 2.75) is 13.0 Å². The van der Waals surface area contributed by atoms with Gasteiger partial charge in [0.15, 0.2) is 11.5 Å². The number of hydrogen-bond acceptors (Lipinski definition) is 4. The molecule has 0 unspecified atom stereocenters. The van der Waals surface area contributed by atoms with Gasteiger partial charge < -0.3 is 15.2 Å². The minimum absolute atomic E-state index is 0.215. The van der Waals surface area contributed by atoms with Gasteiger partial charge in [0.1, 0.15) is 0 Å². The first-order valence-electron chi connectivity index (χ1n) is 6.04. The molecule has 2 N–H and O–H groups in total. The third-order valence-corrected chi connectivity index (χ3v) is 3.40. The van der Waals surface area contributed by atoms with Gasteiger partial charge in [0, 0.05) is 37.8 Å². The molecular formula is C13H20N2O2. The largest absolute Gasteiger partial charge is 0.504 e. The van der Waals surface area contributed by atoms with Crippen LogP contribution in [0.15, 0.2) is 18.2 Å². The van der Waals surface area contributed by atoms with Crippen LogP contribution in [0.25, 0.3) is 0 Å². The minimum atomic E-state index is 0.215. The molecule has 1 aliphatic heterocycles. The van der Waals surface area contributed by atoms with Gasteiger partial charge in [-0.05, 0) is 13.0 Å². The Morgan fingerprint density at radius 3 is 2.71 bits per heavy atom. The topological polar surface area (TPSA) is 44.7 Å². The summed E-state index contributed by atoms with van der Waals surface area (Å²) in [4.78, 5) is 2.37. The second kappa shape index (κ2) is 5.38. The molecule has 1 atom stereocenters. The van der Waals surface area contributed by atoms with E-state index in [2.05, 4.69) is 17.1 Å². The lowest BCUT2D eigenvalue weighted by Crippen LogP contribution is -2.44. The standard InChI is InChI=1S/C13H20N2O2/c1-10(15-8-6-14-7-9-15)11-4-3-5-12(17-2)13(11)16/h3-5,10,14,16H,6-9H2,1-2H3/t10-/m0/s1. The summed E-state index contributed by atoms with van der Waals surface area (Å²) >= 11 is 0. The fourth-order valence-corrected chi connectivity index (χ4v) is 2.31. The summed E-state index contributed by atoms with van der Waals surface area (Å²) in [6.45, 7) is 6.17. The molecule has 1 aromatic carbocycles. The number of para-hydroxylation sites is 1. The molecule has 1 heterocycles. The molecule has 0 amide bonds. The van der Waals surface area contributed by atoms with Crippen molar-refractivity contribution in [3.05, 3.63) is 23.8 Å². The average molecular weight is 236 g/mol. The number of phenolic OH excluding ortho intramolecular Hbond substituents is 1. The van der Waals surface area contributed by atoms with Crippen molar-refractivity contribution in [3.63, 3.8) is 0 Å². The van der Waals surface area contributed by atoms with E-state index < -0.39 is 0 Å². The first kappa shape index (κ1) is 12.2. The lowest BCUT2D eigenvalue weighted by atomic mass is 10.0. The highest BCUT2D eigenvalue weighted by Crippen LogP contribution is 2.35. The minimum Gasteiger partial charge on any atom is -0.504 e. The number of methoxy groups -OCH3 is 1. The van der Waals surface area contributed by atoms with Crippen molar-refractivity contribution in [2.24, 2.45) is 0 Å². The lowest BCUT2D eigenvalue weighted by molar-refractivity contribution is 0.182. The summed E-state index contributed by atoms with van der Waals surface area (Å²) in [7, 11) is 1.58. The highest BCUT2D eigenvalue weighted by Gasteiger charge is 2.21. The van der Waals surface area contributed by atoms with Gasteiger partial charge in [0.05, 0.1) is 7.11 Å². The van der Waals surface area contributed by atoms with Crippen molar-refractivity contribution < 1.29 is 9.84 Å². The zero-order valence-corrected chi connectivity index (χ0v) is 10.4. The SMILES string of the molecule is COc1cccc([C@H](C)N2CCNCC2)c1O. The van der Waals surface area contributed by atoms with E-state index in [1.165, 1.54) is 0 Å². The summed E-state index contributed by atoms with van der Waals surface area (Å²) in [5.41, 5.74) is 0.936. The Morgan fingerprint density at radius 2 is 2.06 bits per heavy atom. The molecule has 2 rings (SSSR count). The second-order valence-corrected chi connectivity index (χ2v) is 4.36. The molecule has 1 saturated heterocycles. The Bertz CT molecular complexity index is 376. The maximum atomic E-state index is 10.1. The number of phenols is 1. The average Bonchev–Trinajstić information content (AvgIpc) is 2.39. The van der Waals surface area contributed by atoms with Gasteiger partial charge in [0.2, 0.25) is 0 Å². The maximum Gasteiger partial charge on any atom is 0.162 e. The quantitative estimate of drug-likeness (QED) is 0.832. The van der Waals surface area contributed by atoms with E-state index in [4.69, 9.17) is 4.74 Å². The van der Waals surface area contributed by atoms with E-state index in [0.717, 1.165) is 31.7 Å². The van der Waals surface area contributed by atoms with Crippen molar-refractivity contribution >= 4 is 0 Å². The van der Waals surface area contributed by atoms with Crippen LogP contribution in [0.2, 0.25) is 0 Å². The summed E-state index contributed by atoms with van der Waals surface area (Å²) in [6.07, 6.45) is 0. The van der Waals surface area contributed by atoms with Crippen molar-refractivity contribution in [1.29, 1.82) is 0 Å². The van der Waals surface area contributed by atoms with E-state index in [9.17, 15) is 5.11 Å². The van der Waals surface area contributed by atoms with E-state index in [0.29, 0.717) is 5.75 Å². The zero-order chi connectivity index (χ0) is 12.3. The third-order valence-electron chi connectivity index (χ3n) is 3.40. The lowest BCUT2D eigenvalue weighted by Gasteiger charge is -2.33. The number of aromatic hydroxyl groups is 1. The molecule has 0 spiro atoms. The van der Waals surface area contributed by atoms with Crippen LogP contribution in [0.1, 0.15) is 18.5 Å². The molecule has 1 fully saturated rings. The number of hydrogen-bond donors (Lipinski definition) is 2. The van der Waals surface area contributed by atoms with Gasteiger partial charge >= 0.3 is 0 Å². The molecule has 0 aromatic heterocycles. The normalized spacial score (nSPS) is 18.9. The van der Waals surface area contributed by atoms with Gasteiger partial charge in [-0.2, -0.15) is 0 Å². The molecule has 0 aliphatic carbocycles. The van der Waals surface area contributed by atoms with Crippen LogP contribution >= 0.6 is 0 Å². The highest BCUT2D eigenvalue weighted by molar-refractivity contribution is 5.46. The van der Waals surface area contributed by atoms with Crippen LogP contribution in [0.4, 0.5) is 0 Å². The molecule has 94 valence electrons. The number of ether oxygens (including phenoxy) is 1. The number of nitrogens with one attached hydrogen (secondary N) is 1. The number of benzene rings is 1. The molecule has 0 radical (unpaired) electrons. The number of rotatable bonds is 3. The molecule has 4 nitrogen and oxygen atoms in total. The van der Waals surface area contributed by atoms with Crippen molar-refractivity contribution in [3.8, 4) is 11.5 Å². The predicted molar refractivity (Wildman–Crippen MR) is 67.5 cm³/mol.